The summed E-state index contributed by atoms with van der Waals surface area (Å²) in [5, 5.41) is 3.08. The highest BCUT2D eigenvalue weighted by molar-refractivity contribution is 4.82. The lowest BCUT2D eigenvalue weighted by molar-refractivity contribution is 0.249. The molecule has 1 saturated carbocycles. The molecule has 0 aromatic heterocycles. The van der Waals surface area contributed by atoms with Crippen LogP contribution in [0.3, 0.4) is 0 Å². The molecule has 1 aliphatic carbocycles. The Balaban J connectivity index is 1.73. The third kappa shape index (κ3) is 3.41. The third-order valence-electron chi connectivity index (χ3n) is 3.81. The molecule has 5 N–H and O–H groups in total. The van der Waals surface area contributed by atoms with Crippen LogP contribution in [-0.2, 0) is 0 Å². The van der Waals surface area contributed by atoms with Gasteiger partial charge in [-0.1, -0.05) is 0 Å². The van der Waals surface area contributed by atoms with E-state index in [1.807, 2.05) is 0 Å². The molecule has 0 spiro atoms. The summed E-state index contributed by atoms with van der Waals surface area (Å²) >= 11 is 0. The van der Waals surface area contributed by atoms with E-state index in [0.717, 1.165) is 24.9 Å². The molecule has 0 atom stereocenters. The fourth-order valence-electron chi connectivity index (χ4n) is 2.97. The molecule has 0 radical (unpaired) electrons. The topological polar surface area (TPSA) is 67.3 Å². The van der Waals surface area contributed by atoms with E-state index < -0.39 is 0 Å². The second-order valence-corrected chi connectivity index (χ2v) is 5.13. The molecule has 2 saturated heterocycles. The highest BCUT2D eigenvalue weighted by Gasteiger charge is 2.28. The molecular formula is C11H24N4. The minimum Gasteiger partial charge on any atom is -0.304 e. The van der Waals surface area contributed by atoms with Gasteiger partial charge in [-0.15, -0.1) is 0 Å². The fourth-order valence-corrected chi connectivity index (χ4v) is 2.97. The van der Waals surface area contributed by atoms with Crippen LogP contribution in [0.5, 0.6) is 0 Å². The van der Waals surface area contributed by atoms with Crippen LogP contribution in [0, 0.1) is 11.8 Å². The molecule has 15 heavy (non-hydrogen) atoms. The number of hydrogen-bond acceptors (Lipinski definition) is 4. The first-order chi connectivity index (χ1) is 7.24. The highest BCUT2D eigenvalue weighted by Crippen LogP contribution is 2.33. The summed E-state index contributed by atoms with van der Waals surface area (Å²) in [7, 11) is 0. The van der Waals surface area contributed by atoms with Crippen molar-refractivity contribution in [1.29, 1.82) is 0 Å². The maximum Gasteiger partial charge on any atom is 0.106 e. The average Bonchev–Trinajstić information content (AvgIpc) is 2.49. The number of nitrogens with two attached hydrogens (primary N) is 2. The largest absolute Gasteiger partial charge is 0.304 e. The minimum atomic E-state index is -0.367. The molecule has 3 rings (SSSR count). The number of fused-ring (bicyclic) bond motifs is 4. The summed E-state index contributed by atoms with van der Waals surface area (Å²) in [6, 6.07) is 0. The maximum atomic E-state index is 5.45. The average molecular weight is 212 g/mol. The Morgan fingerprint density at radius 1 is 1.07 bits per heavy atom. The van der Waals surface area contributed by atoms with Crippen LogP contribution in [-0.4, -0.2) is 37.4 Å². The van der Waals surface area contributed by atoms with Gasteiger partial charge in [0, 0.05) is 26.2 Å². The van der Waals surface area contributed by atoms with Gasteiger partial charge in [-0.3, -0.25) is 5.32 Å². The molecular weight excluding hydrogens is 188 g/mol. The monoisotopic (exact) mass is 212 g/mol. The third-order valence-corrected chi connectivity index (χ3v) is 3.81. The standard InChI is InChI=1S/C11H24N4/c12-11(13)14-5-6-15-7-9-1-2-10(8-15)4-3-9/h9-11,14H,1-8,12-13H2. The molecule has 2 heterocycles. The lowest BCUT2D eigenvalue weighted by atomic mass is 9.84. The van der Waals surface area contributed by atoms with E-state index in [2.05, 4.69) is 10.2 Å². The van der Waals surface area contributed by atoms with Gasteiger partial charge in [-0.2, -0.15) is 0 Å². The van der Waals surface area contributed by atoms with Crippen molar-refractivity contribution in [1.82, 2.24) is 10.2 Å². The Hall–Kier alpha value is -0.160. The van der Waals surface area contributed by atoms with Gasteiger partial charge in [0.2, 0.25) is 0 Å². The molecule has 0 aromatic rings. The van der Waals surface area contributed by atoms with Crippen LogP contribution in [0.2, 0.25) is 0 Å². The van der Waals surface area contributed by atoms with Gasteiger partial charge in [-0.05, 0) is 37.5 Å². The van der Waals surface area contributed by atoms with Crippen LogP contribution in [0.25, 0.3) is 0 Å². The SMILES string of the molecule is NC(N)NCCN1CC2CCC(CC2)C1. The van der Waals surface area contributed by atoms with E-state index in [4.69, 9.17) is 11.5 Å². The molecule has 0 unspecified atom stereocenters. The van der Waals surface area contributed by atoms with Crippen molar-refractivity contribution in [3.63, 3.8) is 0 Å². The van der Waals surface area contributed by atoms with E-state index in [0.29, 0.717) is 0 Å². The molecule has 0 amide bonds. The van der Waals surface area contributed by atoms with Crippen LogP contribution >= 0.6 is 0 Å². The lowest BCUT2D eigenvalue weighted by Crippen LogP contribution is -2.48. The second-order valence-electron chi connectivity index (χ2n) is 5.13. The molecule has 0 aromatic carbocycles. The van der Waals surface area contributed by atoms with Crippen molar-refractivity contribution < 1.29 is 0 Å². The number of nitrogens with one attached hydrogen (secondary N) is 1. The molecule has 3 fully saturated rings. The summed E-state index contributed by atoms with van der Waals surface area (Å²) in [4.78, 5) is 2.59. The molecule has 88 valence electrons. The van der Waals surface area contributed by atoms with Gasteiger partial charge in [0.1, 0.15) is 6.29 Å². The Bertz CT molecular complexity index is 173. The summed E-state index contributed by atoms with van der Waals surface area (Å²) in [6.45, 7) is 4.59. The predicted molar refractivity (Wildman–Crippen MR) is 62.1 cm³/mol. The van der Waals surface area contributed by atoms with Crippen molar-refractivity contribution >= 4 is 0 Å². The first-order valence-corrected chi connectivity index (χ1v) is 6.21. The fraction of sp³-hybridized carbons (Fsp3) is 1.00. The molecule has 4 nitrogen and oxygen atoms in total. The van der Waals surface area contributed by atoms with Crippen LogP contribution in [0.15, 0.2) is 0 Å². The van der Waals surface area contributed by atoms with Gasteiger partial charge in [0.15, 0.2) is 0 Å². The zero-order chi connectivity index (χ0) is 10.7. The first kappa shape index (κ1) is 11.3. The van der Waals surface area contributed by atoms with Crippen molar-refractivity contribution in [2.75, 3.05) is 26.2 Å². The van der Waals surface area contributed by atoms with Gasteiger partial charge in [0.05, 0.1) is 0 Å². The van der Waals surface area contributed by atoms with Gasteiger partial charge in [-0.25, -0.2) is 0 Å². The van der Waals surface area contributed by atoms with Crippen molar-refractivity contribution in [2.45, 2.75) is 32.0 Å². The quantitative estimate of drug-likeness (QED) is 0.569. The zero-order valence-corrected chi connectivity index (χ0v) is 9.49. The Labute approximate surface area is 92.4 Å². The Kier molecular flexibility index (Phi) is 3.97. The summed E-state index contributed by atoms with van der Waals surface area (Å²) in [6.07, 6.45) is 5.43. The molecule has 2 bridgehead atoms. The van der Waals surface area contributed by atoms with Gasteiger partial charge < -0.3 is 16.4 Å². The number of rotatable bonds is 4. The summed E-state index contributed by atoms with van der Waals surface area (Å²) in [5.74, 6) is 1.91. The lowest BCUT2D eigenvalue weighted by Gasteiger charge is -2.22. The Morgan fingerprint density at radius 2 is 1.60 bits per heavy atom. The van der Waals surface area contributed by atoms with E-state index in [1.54, 1.807) is 0 Å². The van der Waals surface area contributed by atoms with Crippen LogP contribution in [0.4, 0.5) is 0 Å². The molecule has 2 aliphatic heterocycles. The van der Waals surface area contributed by atoms with E-state index in [9.17, 15) is 0 Å². The highest BCUT2D eigenvalue weighted by atomic mass is 15.2. The zero-order valence-electron chi connectivity index (χ0n) is 9.49. The van der Waals surface area contributed by atoms with Gasteiger partial charge >= 0.3 is 0 Å². The smallest absolute Gasteiger partial charge is 0.106 e. The summed E-state index contributed by atoms with van der Waals surface area (Å²) in [5.41, 5.74) is 10.9. The predicted octanol–water partition coefficient (Wildman–Crippen LogP) is -0.101. The maximum absolute atomic E-state index is 5.45. The molecule has 3 aliphatic rings. The number of nitrogens with zero attached hydrogens (tertiary/aromatic N) is 1. The van der Waals surface area contributed by atoms with E-state index >= 15 is 0 Å². The van der Waals surface area contributed by atoms with Crippen molar-refractivity contribution in [2.24, 2.45) is 23.3 Å². The normalized spacial score (nSPS) is 32.2. The Morgan fingerprint density at radius 3 is 2.07 bits per heavy atom. The van der Waals surface area contributed by atoms with Crippen LogP contribution < -0.4 is 16.8 Å². The first-order valence-electron chi connectivity index (χ1n) is 6.21. The number of hydrogen-bond donors (Lipinski definition) is 3. The van der Waals surface area contributed by atoms with Crippen molar-refractivity contribution in [3.8, 4) is 0 Å². The second kappa shape index (κ2) is 5.25. The molecule has 4 heteroatoms. The van der Waals surface area contributed by atoms with E-state index in [1.165, 1.54) is 38.8 Å². The van der Waals surface area contributed by atoms with E-state index in [-0.39, 0.29) is 6.29 Å². The van der Waals surface area contributed by atoms with Crippen molar-refractivity contribution in [3.05, 3.63) is 0 Å². The summed E-state index contributed by atoms with van der Waals surface area (Å²) < 4.78 is 0. The van der Waals surface area contributed by atoms with Crippen LogP contribution in [0.1, 0.15) is 25.7 Å². The van der Waals surface area contributed by atoms with Gasteiger partial charge in [0.25, 0.3) is 0 Å². The minimum absolute atomic E-state index is 0.367.